The van der Waals surface area contributed by atoms with Crippen molar-refractivity contribution in [2.24, 2.45) is 5.92 Å². The third-order valence-electron chi connectivity index (χ3n) is 3.20. The van der Waals surface area contributed by atoms with Gasteiger partial charge in [-0.05, 0) is 36.6 Å². The number of carbonyl (C=O) groups is 1. The molecular weight excluding hydrogens is 305 g/mol. The molecule has 1 aliphatic rings. The molecule has 1 heterocycles. The first-order chi connectivity index (χ1) is 7.99. The van der Waals surface area contributed by atoms with Gasteiger partial charge in [0.25, 0.3) is 0 Å². The number of carboxylic acid groups (broad SMARTS) is 1. The third kappa shape index (κ3) is 2.64. The first kappa shape index (κ1) is 12.9. The quantitative estimate of drug-likeness (QED) is 0.880. The summed E-state index contributed by atoms with van der Waals surface area (Å²) in [6.45, 7) is 2.48. The number of benzene rings is 1. The topological polar surface area (TPSA) is 49.3 Å². The van der Waals surface area contributed by atoms with E-state index in [1.54, 1.807) is 0 Å². The molecule has 3 nitrogen and oxygen atoms in total. The summed E-state index contributed by atoms with van der Waals surface area (Å²) in [5, 5.41) is 12.9. The molecule has 0 radical (unpaired) electrons. The Kier molecular flexibility index (Phi) is 3.76. The first-order valence-electron chi connectivity index (χ1n) is 5.40. The molecule has 1 saturated heterocycles. The van der Waals surface area contributed by atoms with Crippen LogP contribution in [0, 0.1) is 12.8 Å². The van der Waals surface area contributed by atoms with Crippen LogP contribution in [-0.4, -0.2) is 17.6 Å². The molecule has 2 rings (SSSR count). The summed E-state index contributed by atoms with van der Waals surface area (Å²) in [5.41, 5.74) is 2.09. The molecule has 1 aliphatic heterocycles. The van der Waals surface area contributed by atoms with E-state index in [1.165, 1.54) is 0 Å². The van der Waals surface area contributed by atoms with Gasteiger partial charge < -0.3 is 10.4 Å². The zero-order valence-corrected chi connectivity index (χ0v) is 11.7. The lowest BCUT2D eigenvalue weighted by Gasteiger charge is -2.15. The minimum Gasteiger partial charge on any atom is -0.481 e. The van der Waals surface area contributed by atoms with Crippen LogP contribution in [0.4, 0.5) is 0 Å². The molecule has 0 saturated carbocycles. The minimum absolute atomic E-state index is 0.0751. The lowest BCUT2D eigenvalue weighted by molar-refractivity contribution is -0.141. The van der Waals surface area contributed by atoms with E-state index in [0.717, 1.165) is 15.6 Å². The van der Waals surface area contributed by atoms with Gasteiger partial charge in [-0.2, -0.15) is 0 Å². The van der Waals surface area contributed by atoms with Crippen molar-refractivity contribution in [3.63, 3.8) is 0 Å². The monoisotopic (exact) mass is 317 g/mol. The molecule has 0 aliphatic carbocycles. The first-order valence-corrected chi connectivity index (χ1v) is 6.58. The van der Waals surface area contributed by atoms with Crippen molar-refractivity contribution in [2.75, 3.05) is 6.54 Å². The van der Waals surface area contributed by atoms with Crippen LogP contribution in [-0.2, 0) is 4.79 Å². The number of hydrogen-bond acceptors (Lipinski definition) is 2. The Labute approximate surface area is 113 Å². The molecule has 0 amide bonds. The lowest BCUT2D eigenvalue weighted by Crippen LogP contribution is -2.17. The van der Waals surface area contributed by atoms with Gasteiger partial charge in [-0.1, -0.05) is 27.5 Å². The van der Waals surface area contributed by atoms with E-state index in [1.807, 2.05) is 19.1 Å². The minimum atomic E-state index is -0.737. The van der Waals surface area contributed by atoms with Crippen LogP contribution in [0.3, 0.4) is 0 Å². The number of carboxylic acids is 1. The van der Waals surface area contributed by atoms with Gasteiger partial charge in [0.2, 0.25) is 0 Å². The van der Waals surface area contributed by atoms with Crippen molar-refractivity contribution in [1.29, 1.82) is 0 Å². The van der Waals surface area contributed by atoms with Gasteiger partial charge in [-0.15, -0.1) is 0 Å². The Bertz CT molecular complexity index is 464. The fraction of sp³-hybridized carbons (Fsp3) is 0.417. The van der Waals surface area contributed by atoms with Crippen molar-refractivity contribution in [1.82, 2.24) is 5.32 Å². The third-order valence-corrected chi connectivity index (χ3v) is 4.06. The van der Waals surface area contributed by atoms with Crippen LogP contribution >= 0.6 is 27.5 Å². The van der Waals surface area contributed by atoms with Crippen molar-refractivity contribution in [2.45, 2.75) is 19.4 Å². The zero-order valence-electron chi connectivity index (χ0n) is 9.34. The predicted molar refractivity (Wildman–Crippen MR) is 70.4 cm³/mol. The maximum Gasteiger partial charge on any atom is 0.307 e. The van der Waals surface area contributed by atoms with Crippen molar-refractivity contribution < 1.29 is 9.90 Å². The molecule has 2 atom stereocenters. The summed E-state index contributed by atoms with van der Waals surface area (Å²) in [5.74, 6) is -1.05. The molecule has 1 fully saturated rings. The summed E-state index contributed by atoms with van der Waals surface area (Å²) < 4.78 is 0.920. The summed E-state index contributed by atoms with van der Waals surface area (Å²) in [4.78, 5) is 10.9. The van der Waals surface area contributed by atoms with E-state index in [2.05, 4.69) is 21.2 Å². The van der Waals surface area contributed by atoms with Gasteiger partial charge in [0, 0.05) is 22.1 Å². The molecule has 17 heavy (non-hydrogen) atoms. The highest BCUT2D eigenvalue weighted by atomic mass is 79.9. The van der Waals surface area contributed by atoms with Gasteiger partial charge >= 0.3 is 5.97 Å². The molecule has 5 heteroatoms. The van der Waals surface area contributed by atoms with Crippen LogP contribution in [0.25, 0.3) is 0 Å². The summed E-state index contributed by atoms with van der Waals surface area (Å²) in [6.07, 6.45) is 0.614. The van der Waals surface area contributed by atoms with E-state index in [-0.39, 0.29) is 12.0 Å². The second kappa shape index (κ2) is 4.96. The zero-order chi connectivity index (χ0) is 12.6. The van der Waals surface area contributed by atoms with Crippen LogP contribution < -0.4 is 5.32 Å². The average Bonchev–Trinajstić information content (AvgIpc) is 2.72. The van der Waals surface area contributed by atoms with Crippen LogP contribution in [0.5, 0.6) is 0 Å². The lowest BCUT2D eigenvalue weighted by atomic mass is 9.97. The molecule has 2 N–H and O–H groups in total. The van der Waals surface area contributed by atoms with Gasteiger partial charge in [0.15, 0.2) is 0 Å². The Morgan fingerprint density at radius 1 is 1.59 bits per heavy atom. The van der Waals surface area contributed by atoms with E-state index in [0.29, 0.717) is 18.0 Å². The Balaban J connectivity index is 2.27. The fourth-order valence-electron chi connectivity index (χ4n) is 2.19. The summed E-state index contributed by atoms with van der Waals surface area (Å²) >= 11 is 9.53. The van der Waals surface area contributed by atoms with E-state index < -0.39 is 5.97 Å². The highest BCUT2D eigenvalue weighted by Gasteiger charge is 2.31. The highest BCUT2D eigenvalue weighted by Crippen LogP contribution is 2.34. The van der Waals surface area contributed by atoms with Gasteiger partial charge in [0.05, 0.1) is 5.92 Å². The van der Waals surface area contributed by atoms with Crippen molar-refractivity contribution >= 4 is 33.5 Å². The molecule has 0 bridgehead atoms. The number of nitrogens with one attached hydrogen (secondary N) is 1. The molecular formula is C12H13BrClNO2. The normalized spacial score (nSPS) is 23.9. The smallest absolute Gasteiger partial charge is 0.307 e. The number of halogens is 2. The largest absolute Gasteiger partial charge is 0.481 e. The fourth-order valence-corrected chi connectivity index (χ4v) is 3.02. The Hall–Kier alpha value is -0.580. The molecule has 0 aromatic heterocycles. The van der Waals surface area contributed by atoms with Crippen molar-refractivity contribution in [3.05, 3.63) is 32.8 Å². The van der Waals surface area contributed by atoms with Crippen molar-refractivity contribution in [3.8, 4) is 0 Å². The molecule has 2 unspecified atom stereocenters. The maximum absolute atomic E-state index is 10.9. The SMILES string of the molecule is Cc1c(Cl)cc(Br)cc1C1CC(C(=O)O)CN1. The van der Waals surface area contributed by atoms with Gasteiger partial charge in [0.1, 0.15) is 0 Å². The highest BCUT2D eigenvalue weighted by molar-refractivity contribution is 9.10. The molecule has 1 aromatic carbocycles. The van der Waals surface area contributed by atoms with Crippen LogP contribution in [0.1, 0.15) is 23.6 Å². The molecule has 92 valence electrons. The van der Waals surface area contributed by atoms with E-state index in [4.69, 9.17) is 16.7 Å². The van der Waals surface area contributed by atoms with Crippen LogP contribution in [0.2, 0.25) is 5.02 Å². The molecule has 0 spiro atoms. The number of rotatable bonds is 2. The van der Waals surface area contributed by atoms with Crippen LogP contribution in [0.15, 0.2) is 16.6 Å². The number of aliphatic carboxylic acids is 1. The Morgan fingerprint density at radius 2 is 2.29 bits per heavy atom. The van der Waals surface area contributed by atoms with Gasteiger partial charge in [-0.3, -0.25) is 4.79 Å². The standard InChI is InChI=1S/C12H13BrClNO2/c1-6-9(3-8(13)4-10(6)14)11-2-7(5-15-11)12(16)17/h3-4,7,11,15H,2,5H2,1H3,(H,16,17). The maximum atomic E-state index is 10.9. The second-order valence-electron chi connectivity index (χ2n) is 4.33. The van der Waals surface area contributed by atoms with E-state index in [9.17, 15) is 4.79 Å². The van der Waals surface area contributed by atoms with Gasteiger partial charge in [-0.25, -0.2) is 0 Å². The number of hydrogen-bond donors (Lipinski definition) is 2. The Morgan fingerprint density at radius 3 is 2.88 bits per heavy atom. The average molecular weight is 319 g/mol. The molecule has 1 aromatic rings. The summed E-state index contributed by atoms with van der Waals surface area (Å²) in [6, 6.07) is 3.93. The second-order valence-corrected chi connectivity index (χ2v) is 5.66. The van der Waals surface area contributed by atoms with E-state index >= 15 is 0 Å². The predicted octanol–water partition coefficient (Wildman–Crippen LogP) is 3.15. The summed E-state index contributed by atoms with van der Waals surface area (Å²) in [7, 11) is 0.